The number of fused-ring (bicyclic) bond motifs is 2. The number of nitrogens with zero attached hydrogens (tertiary/aromatic N) is 2. The number of likely N-dealkylation sites (tertiary alicyclic amines) is 1. The van der Waals surface area contributed by atoms with Crippen molar-refractivity contribution in [1.82, 2.24) is 15.1 Å². The molecule has 2 rings (SSSR count). The molecule has 0 aromatic carbocycles. The Morgan fingerprint density at radius 2 is 1.81 bits per heavy atom. The summed E-state index contributed by atoms with van der Waals surface area (Å²) in [5.41, 5.74) is 0. The molecule has 3 heteroatoms. The van der Waals surface area contributed by atoms with Crippen LogP contribution >= 0.6 is 0 Å². The van der Waals surface area contributed by atoms with E-state index in [0.29, 0.717) is 12.1 Å². The van der Waals surface area contributed by atoms with Crippen LogP contribution < -0.4 is 5.32 Å². The van der Waals surface area contributed by atoms with Crippen LogP contribution in [0.2, 0.25) is 0 Å². The molecule has 2 fully saturated rings. The van der Waals surface area contributed by atoms with E-state index in [1.807, 2.05) is 0 Å². The van der Waals surface area contributed by atoms with Crippen molar-refractivity contribution in [3.8, 4) is 0 Å². The summed E-state index contributed by atoms with van der Waals surface area (Å²) in [5, 5.41) is 3.38. The lowest BCUT2D eigenvalue weighted by atomic mass is 10.0. The molecule has 2 bridgehead atoms. The fourth-order valence-corrected chi connectivity index (χ4v) is 3.26. The van der Waals surface area contributed by atoms with Crippen LogP contribution in [0, 0.1) is 0 Å². The van der Waals surface area contributed by atoms with E-state index in [2.05, 4.69) is 43.1 Å². The summed E-state index contributed by atoms with van der Waals surface area (Å²) in [6, 6.07) is 2.89. The number of rotatable bonds is 3. The van der Waals surface area contributed by atoms with Gasteiger partial charge < -0.3 is 5.32 Å². The Kier molecular flexibility index (Phi) is 3.88. The second-order valence-corrected chi connectivity index (χ2v) is 5.65. The normalized spacial score (nSPS) is 36.0. The van der Waals surface area contributed by atoms with Crippen molar-refractivity contribution in [2.24, 2.45) is 0 Å². The van der Waals surface area contributed by atoms with Crippen LogP contribution in [-0.2, 0) is 0 Å². The number of nitrogens with one attached hydrogen (secondary N) is 1. The van der Waals surface area contributed by atoms with E-state index >= 15 is 0 Å². The molecule has 0 saturated carbocycles. The Morgan fingerprint density at radius 1 is 1.12 bits per heavy atom. The molecular weight excluding hydrogens is 198 g/mol. The molecule has 2 saturated heterocycles. The predicted octanol–water partition coefficient (Wildman–Crippen LogP) is 1.15. The first-order valence-corrected chi connectivity index (χ1v) is 6.76. The summed E-state index contributed by atoms with van der Waals surface area (Å²) in [4.78, 5) is 5.30. The van der Waals surface area contributed by atoms with Crippen molar-refractivity contribution in [2.45, 2.75) is 57.3 Å². The van der Waals surface area contributed by atoms with Gasteiger partial charge in [0.25, 0.3) is 0 Å². The van der Waals surface area contributed by atoms with Gasteiger partial charge in [-0.05, 0) is 47.2 Å². The largest absolute Gasteiger partial charge is 0.316 e. The number of likely N-dealkylation sites (N-methyl/N-ethyl adjacent to an activating group) is 2. The lowest BCUT2D eigenvalue weighted by Crippen LogP contribution is -2.48. The standard InChI is InChI=1S/C13H27N3/c1-10(14-3)11(2)16-8-7-12-5-6-13(9-16)15(12)4/h10-14H,5-9H2,1-4H3. The van der Waals surface area contributed by atoms with Gasteiger partial charge in [-0.3, -0.25) is 9.80 Å². The van der Waals surface area contributed by atoms with E-state index in [9.17, 15) is 0 Å². The van der Waals surface area contributed by atoms with Crippen LogP contribution in [0.3, 0.4) is 0 Å². The summed E-state index contributed by atoms with van der Waals surface area (Å²) < 4.78 is 0. The SMILES string of the molecule is CNC(C)C(C)N1CCC2CCC(C1)N2C. The minimum Gasteiger partial charge on any atom is -0.316 e. The molecule has 2 heterocycles. The smallest absolute Gasteiger partial charge is 0.0223 e. The molecule has 0 amide bonds. The maximum absolute atomic E-state index is 3.38. The minimum atomic E-state index is 0.585. The molecule has 0 aromatic heterocycles. The first-order chi connectivity index (χ1) is 7.63. The average Bonchev–Trinajstić information content (AvgIpc) is 2.51. The van der Waals surface area contributed by atoms with Crippen LogP contribution in [0.15, 0.2) is 0 Å². The van der Waals surface area contributed by atoms with Crippen molar-refractivity contribution >= 4 is 0 Å². The number of hydrogen-bond donors (Lipinski definition) is 1. The van der Waals surface area contributed by atoms with E-state index in [1.165, 1.54) is 32.4 Å². The first kappa shape index (κ1) is 12.3. The van der Waals surface area contributed by atoms with Gasteiger partial charge in [0.15, 0.2) is 0 Å². The molecule has 1 N–H and O–H groups in total. The van der Waals surface area contributed by atoms with E-state index in [0.717, 1.165) is 12.1 Å². The monoisotopic (exact) mass is 225 g/mol. The third-order valence-corrected chi connectivity index (χ3v) is 4.93. The molecule has 0 aromatic rings. The third kappa shape index (κ3) is 2.27. The van der Waals surface area contributed by atoms with Crippen LogP contribution in [0.5, 0.6) is 0 Å². The van der Waals surface area contributed by atoms with Gasteiger partial charge in [-0.25, -0.2) is 0 Å². The maximum Gasteiger partial charge on any atom is 0.0223 e. The summed E-state index contributed by atoms with van der Waals surface area (Å²) >= 11 is 0. The van der Waals surface area contributed by atoms with Gasteiger partial charge in [-0.1, -0.05) is 0 Å². The van der Waals surface area contributed by atoms with Gasteiger partial charge in [0.05, 0.1) is 0 Å². The van der Waals surface area contributed by atoms with Crippen molar-refractivity contribution in [2.75, 3.05) is 27.2 Å². The van der Waals surface area contributed by atoms with E-state index in [1.54, 1.807) is 0 Å². The fourth-order valence-electron chi connectivity index (χ4n) is 3.26. The summed E-state index contributed by atoms with van der Waals surface area (Å²) in [6.45, 7) is 7.19. The first-order valence-electron chi connectivity index (χ1n) is 6.76. The topological polar surface area (TPSA) is 18.5 Å². The van der Waals surface area contributed by atoms with Gasteiger partial charge >= 0.3 is 0 Å². The van der Waals surface area contributed by atoms with E-state index < -0.39 is 0 Å². The Hall–Kier alpha value is -0.120. The maximum atomic E-state index is 3.38. The lowest BCUT2D eigenvalue weighted by molar-refractivity contribution is 0.158. The van der Waals surface area contributed by atoms with Gasteiger partial charge in [0.1, 0.15) is 0 Å². The zero-order valence-electron chi connectivity index (χ0n) is 11.2. The van der Waals surface area contributed by atoms with Gasteiger partial charge in [-0.15, -0.1) is 0 Å². The van der Waals surface area contributed by atoms with Crippen molar-refractivity contribution in [1.29, 1.82) is 0 Å². The van der Waals surface area contributed by atoms with Crippen LogP contribution in [-0.4, -0.2) is 61.2 Å². The highest BCUT2D eigenvalue weighted by molar-refractivity contribution is 4.93. The second kappa shape index (κ2) is 5.03. The quantitative estimate of drug-likeness (QED) is 0.777. The van der Waals surface area contributed by atoms with E-state index in [-0.39, 0.29) is 0 Å². The highest BCUT2D eigenvalue weighted by Crippen LogP contribution is 2.29. The lowest BCUT2D eigenvalue weighted by Gasteiger charge is -2.34. The Bertz CT molecular complexity index is 231. The third-order valence-electron chi connectivity index (χ3n) is 4.93. The molecule has 0 radical (unpaired) electrons. The van der Waals surface area contributed by atoms with Crippen molar-refractivity contribution < 1.29 is 0 Å². The minimum absolute atomic E-state index is 0.585. The Balaban J connectivity index is 1.98. The molecule has 4 unspecified atom stereocenters. The highest BCUT2D eigenvalue weighted by atomic mass is 15.3. The van der Waals surface area contributed by atoms with Crippen LogP contribution in [0.1, 0.15) is 33.1 Å². The van der Waals surface area contributed by atoms with Gasteiger partial charge in [0.2, 0.25) is 0 Å². The Morgan fingerprint density at radius 3 is 2.50 bits per heavy atom. The van der Waals surface area contributed by atoms with Crippen LogP contribution in [0.25, 0.3) is 0 Å². The van der Waals surface area contributed by atoms with Crippen molar-refractivity contribution in [3.63, 3.8) is 0 Å². The second-order valence-electron chi connectivity index (χ2n) is 5.65. The molecule has 4 atom stereocenters. The van der Waals surface area contributed by atoms with Gasteiger partial charge in [-0.2, -0.15) is 0 Å². The summed E-state index contributed by atoms with van der Waals surface area (Å²) in [6.07, 6.45) is 4.18. The molecule has 2 aliphatic rings. The Labute approximate surface area is 100 Å². The molecule has 3 nitrogen and oxygen atoms in total. The summed E-state index contributed by atoms with van der Waals surface area (Å²) in [5.74, 6) is 0. The average molecular weight is 225 g/mol. The van der Waals surface area contributed by atoms with Gasteiger partial charge in [0, 0.05) is 37.3 Å². The highest BCUT2D eigenvalue weighted by Gasteiger charge is 2.36. The predicted molar refractivity (Wildman–Crippen MR) is 68.7 cm³/mol. The molecule has 16 heavy (non-hydrogen) atoms. The molecule has 0 aliphatic carbocycles. The molecule has 2 aliphatic heterocycles. The molecular formula is C13H27N3. The molecule has 94 valence electrons. The zero-order valence-corrected chi connectivity index (χ0v) is 11.2. The van der Waals surface area contributed by atoms with E-state index in [4.69, 9.17) is 0 Å². The summed E-state index contributed by atoms with van der Waals surface area (Å²) in [7, 11) is 4.38. The zero-order chi connectivity index (χ0) is 11.7. The van der Waals surface area contributed by atoms with Crippen LogP contribution in [0.4, 0.5) is 0 Å². The van der Waals surface area contributed by atoms with Crippen molar-refractivity contribution in [3.05, 3.63) is 0 Å². The molecule has 0 spiro atoms. The fraction of sp³-hybridized carbons (Fsp3) is 1.00. The number of hydrogen-bond acceptors (Lipinski definition) is 3.